The molecule has 0 spiro atoms. The fraction of sp³-hybridized carbons (Fsp3) is 0.467. The van der Waals surface area contributed by atoms with Crippen LogP contribution < -0.4 is 10.2 Å². The minimum Gasteiger partial charge on any atom is -0.348 e. The second-order valence-corrected chi connectivity index (χ2v) is 11.9. The average molecular weight is 524 g/mol. The van der Waals surface area contributed by atoms with Gasteiger partial charge in [0.05, 0.1) is 23.9 Å². The standard InChI is InChI=1S/C30H33N7O2/c1-16-6-7-20(12-31)25(8-16)30(5)10-22(11-30)33-28(38)26-15-37(35-34-26)19(4)24-13-32-27(18(3)17(24)2)36-14-21-9-23(21)29(36)39/h6-8,13,15,19,21-23H,9-11,14H2,1-5H3,(H,33,38)/t19-,21+,22?,23+,30?/m0/s1. The number of amides is 2. The van der Waals surface area contributed by atoms with Gasteiger partial charge < -0.3 is 5.32 Å². The first-order chi connectivity index (χ1) is 18.6. The normalized spacial score (nSPS) is 26.0. The Morgan fingerprint density at radius 1 is 1.23 bits per heavy atom. The van der Waals surface area contributed by atoms with Crippen molar-refractivity contribution < 1.29 is 9.59 Å². The topological polar surface area (TPSA) is 117 Å². The number of nitriles is 1. The van der Waals surface area contributed by atoms with Crippen molar-refractivity contribution in [3.63, 3.8) is 0 Å². The summed E-state index contributed by atoms with van der Waals surface area (Å²) in [5, 5.41) is 21.0. The van der Waals surface area contributed by atoms with Gasteiger partial charge in [0, 0.05) is 24.7 Å². The molecule has 1 aromatic carbocycles. The summed E-state index contributed by atoms with van der Waals surface area (Å²) in [5.74, 6) is 1.37. The third kappa shape index (κ3) is 4.19. The molecule has 0 bridgehead atoms. The first-order valence-electron chi connectivity index (χ1n) is 13.6. The molecule has 3 aliphatic rings. The van der Waals surface area contributed by atoms with Gasteiger partial charge in [-0.05, 0) is 86.6 Å². The number of aryl methyl sites for hydroxylation is 1. The predicted molar refractivity (Wildman–Crippen MR) is 145 cm³/mol. The number of carbonyl (C=O) groups is 2. The number of fused-ring (bicyclic) bond motifs is 1. The van der Waals surface area contributed by atoms with E-state index < -0.39 is 0 Å². The fourth-order valence-electron chi connectivity index (χ4n) is 6.45. The molecule has 39 heavy (non-hydrogen) atoms. The van der Waals surface area contributed by atoms with Crippen LogP contribution in [0, 0.1) is 43.9 Å². The Morgan fingerprint density at radius 2 is 2.00 bits per heavy atom. The molecule has 200 valence electrons. The van der Waals surface area contributed by atoms with Crippen molar-refractivity contribution in [1.29, 1.82) is 5.26 Å². The number of nitrogens with one attached hydrogen (secondary N) is 1. The van der Waals surface area contributed by atoms with Crippen LogP contribution in [0.3, 0.4) is 0 Å². The zero-order valence-corrected chi connectivity index (χ0v) is 23.0. The molecule has 3 heterocycles. The number of anilines is 1. The highest BCUT2D eigenvalue weighted by molar-refractivity contribution is 5.99. The lowest BCUT2D eigenvalue weighted by Gasteiger charge is -2.46. The van der Waals surface area contributed by atoms with Crippen LogP contribution in [-0.4, -0.2) is 44.4 Å². The van der Waals surface area contributed by atoms with E-state index in [-0.39, 0.29) is 40.9 Å². The van der Waals surface area contributed by atoms with Crippen molar-refractivity contribution in [2.45, 2.75) is 71.4 Å². The molecule has 3 fully saturated rings. The van der Waals surface area contributed by atoms with Crippen LogP contribution in [0.1, 0.15) is 83.0 Å². The van der Waals surface area contributed by atoms with Crippen LogP contribution >= 0.6 is 0 Å². The molecule has 1 N–H and O–H groups in total. The minimum atomic E-state index is -0.252. The van der Waals surface area contributed by atoms with Crippen molar-refractivity contribution in [2.24, 2.45) is 11.8 Å². The lowest BCUT2D eigenvalue weighted by atomic mass is 9.62. The number of pyridine rings is 1. The molecule has 1 saturated heterocycles. The van der Waals surface area contributed by atoms with Crippen LogP contribution in [0.15, 0.2) is 30.6 Å². The number of aromatic nitrogens is 4. The Kier molecular flexibility index (Phi) is 5.83. The van der Waals surface area contributed by atoms with E-state index in [1.165, 1.54) is 0 Å². The molecule has 3 atom stereocenters. The number of rotatable bonds is 6. The average Bonchev–Trinajstić information content (AvgIpc) is 3.35. The Hall–Kier alpha value is -4.06. The summed E-state index contributed by atoms with van der Waals surface area (Å²) in [6, 6.07) is 8.05. The maximum Gasteiger partial charge on any atom is 0.273 e. The zero-order valence-electron chi connectivity index (χ0n) is 23.0. The molecule has 2 saturated carbocycles. The van der Waals surface area contributed by atoms with E-state index in [0.717, 1.165) is 59.4 Å². The third-order valence-corrected chi connectivity index (χ3v) is 9.10. The molecule has 0 radical (unpaired) electrons. The number of hydrogen-bond acceptors (Lipinski definition) is 6. The SMILES string of the molecule is Cc1ccc(C#N)c(C2(C)CC(NC(=O)c3cn([C@@H](C)c4cnc(N5C[C@H]6C[C@H]6C5=O)c(C)c4C)nn3)C2)c1. The molecular weight excluding hydrogens is 490 g/mol. The Labute approximate surface area is 228 Å². The number of piperidine rings is 1. The molecule has 0 unspecified atom stereocenters. The first kappa shape index (κ1) is 25.2. The van der Waals surface area contributed by atoms with Gasteiger partial charge in [-0.1, -0.05) is 29.8 Å². The Bertz CT molecular complexity index is 1550. The predicted octanol–water partition coefficient (Wildman–Crippen LogP) is 3.91. The van der Waals surface area contributed by atoms with Gasteiger partial charge in [0.15, 0.2) is 5.69 Å². The monoisotopic (exact) mass is 523 g/mol. The van der Waals surface area contributed by atoms with Gasteiger partial charge in [-0.25, -0.2) is 9.67 Å². The summed E-state index contributed by atoms with van der Waals surface area (Å²) in [6.07, 6.45) is 6.03. The summed E-state index contributed by atoms with van der Waals surface area (Å²) in [5.41, 5.74) is 6.02. The van der Waals surface area contributed by atoms with E-state index in [1.807, 2.05) is 50.9 Å². The zero-order chi connectivity index (χ0) is 27.6. The number of nitrogens with zero attached hydrogens (tertiary/aromatic N) is 6. The summed E-state index contributed by atoms with van der Waals surface area (Å²) in [4.78, 5) is 32.1. The van der Waals surface area contributed by atoms with E-state index in [4.69, 9.17) is 0 Å². The number of benzene rings is 1. The summed E-state index contributed by atoms with van der Waals surface area (Å²) in [6.45, 7) is 11.0. The first-order valence-corrected chi connectivity index (χ1v) is 13.6. The Morgan fingerprint density at radius 3 is 2.69 bits per heavy atom. The molecule has 3 aromatic rings. The van der Waals surface area contributed by atoms with Gasteiger partial charge in [-0.3, -0.25) is 14.5 Å². The molecule has 9 nitrogen and oxygen atoms in total. The number of hydrogen-bond donors (Lipinski definition) is 1. The molecule has 2 aromatic heterocycles. The lowest BCUT2D eigenvalue weighted by molar-refractivity contribution is -0.118. The van der Waals surface area contributed by atoms with Crippen molar-refractivity contribution in [1.82, 2.24) is 25.3 Å². The lowest BCUT2D eigenvalue weighted by Crippen LogP contribution is -2.52. The fourth-order valence-corrected chi connectivity index (χ4v) is 6.45. The van der Waals surface area contributed by atoms with Gasteiger partial charge in [0.1, 0.15) is 5.82 Å². The van der Waals surface area contributed by atoms with Gasteiger partial charge in [0.2, 0.25) is 5.91 Å². The van der Waals surface area contributed by atoms with Crippen molar-refractivity contribution in [3.8, 4) is 6.07 Å². The van der Waals surface area contributed by atoms with E-state index in [9.17, 15) is 14.9 Å². The molecule has 6 rings (SSSR count). The van der Waals surface area contributed by atoms with Gasteiger partial charge in [-0.15, -0.1) is 5.10 Å². The van der Waals surface area contributed by atoms with E-state index in [0.29, 0.717) is 11.5 Å². The maximum atomic E-state index is 13.0. The summed E-state index contributed by atoms with van der Waals surface area (Å²) >= 11 is 0. The number of carbonyl (C=O) groups excluding carboxylic acids is 2. The van der Waals surface area contributed by atoms with Crippen LogP contribution in [-0.2, 0) is 10.2 Å². The van der Waals surface area contributed by atoms with Crippen LogP contribution in [0.4, 0.5) is 5.82 Å². The van der Waals surface area contributed by atoms with E-state index >= 15 is 0 Å². The van der Waals surface area contributed by atoms with Gasteiger partial charge >= 0.3 is 0 Å². The summed E-state index contributed by atoms with van der Waals surface area (Å²) < 4.78 is 1.69. The van der Waals surface area contributed by atoms with Gasteiger partial charge in [0.25, 0.3) is 5.91 Å². The largest absolute Gasteiger partial charge is 0.348 e. The van der Waals surface area contributed by atoms with Crippen molar-refractivity contribution in [2.75, 3.05) is 11.4 Å². The highest BCUT2D eigenvalue weighted by atomic mass is 16.2. The smallest absolute Gasteiger partial charge is 0.273 e. The van der Waals surface area contributed by atoms with Crippen LogP contribution in [0.2, 0.25) is 0 Å². The highest BCUT2D eigenvalue weighted by Gasteiger charge is 2.53. The maximum absolute atomic E-state index is 13.0. The van der Waals surface area contributed by atoms with E-state index in [1.54, 1.807) is 10.9 Å². The highest BCUT2D eigenvalue weighted by Crippen LogP contribution is 2.48. The minimum absolute atomic E-state index is 0.0121. The molecule has 2 amide bonds. The molecule has 2 aliphatic carbocycles. The second kappa shape index (κ2) is 9.01. The Balaban J connectivity index is 1.12. The molecule has 9 heteroatoms. The van der Waals surface area contributed by atoms with Gasteiger partial charge in [-0.2, -0.15) is 5.26 Å². The quantitative estimate of drug-likeness (QED) is 0.524. The second-order valence-electron chi connectivity index (χ2n) is 11.9. The summed E-state index contributed by atoms with van der Waals surface area (Å²) in [7, 11) is 0. The third-order valence-electron chi connectivity index (χ3n) is 9.10. The van der Waals surface area contributed by atoms with Crippen LogP contribution in [0.5, 0.6) is 0 Å². The van der Waals surface area contributed by atoms with Crippen molar-refractivity contribution in [3.05, 3.63) is 69.7 Å². The van der Waals surface area contributed by atoms with E-state index in [2.05, 4.69) is 39.7 Å². The molecular formula is C30H33N7O2. The van der Waals surface area contributed by atoms with Crippen molar-refractivity contribution >= 4 is 17.6 Å². The van der Waals surface area contributed by atoms with Crippen LogP contribution in [0.25, 0.3) is 0 Å². The molecule has 1 aliphatic heterocycles.